The van der Waals surface area contributed by atoms with Crippen molar-refractivity contribution in [3.8, 4) is 0 Å². The molecule has 0 aromatic heterocycles. The predicted octanol–water partition coefficient (Wildman–Crippen LogP) is 5.95. The van der Waals surface area contributed by atoms with E-state index in [0.29, 0.717) is 6.54 Å². The van der Waals surface area contributed by atoms with Crippen LogP contribution in [0, 0.1) is 0 Å². The Balaban J connectivity index is 2.07. The molecule has 12 heteroatoms. The summed E-state index contributed by atoms with van der Waals surface area (Å²) in [6, 6.07) is 18.3. The number of anilines is 1. The van der Waals surface area contributed by atoms with Crippen molar-refractivity contribution >= 4 is 78.3 Å². The van der Waals surface area contributed by atoms with E-state index in [2.05, 4.69) is 21.2 Å². The van der Waals surface area contributed by atoms with Gasteiger partial charge in [-0.25, -0.2) is 8.42 Å². The summed E-state index contributed by atoms with van der Waals surface area (Å²) in [7, 11) is -4.00. The summed E-state index contributed by atoms with van der Waals surface area (Å²) in [6.45, 7) is 1.60. The molecule has 0 radical (unpaired) electrons. The van der Waals surface area contributed by atoms with Gasteiger partial charge in [0.15, 0.2) is 0 Å². The highest BCUT2D eigenvalue weighted by Gasteiger charge is 2.33. The topological polar surface area (TPSA) is 86.8 Å². The van der Waals surface area contributed by atoms with Crippen LogP contribution in [0.3, 0.4) is 0 Å². The second-order valence-electron chi connectivity index (χ2n) is 8.74. The van der Waals surface area contributed by atoms with Crippen LogP contribution in [0.5, 0.6) is 0 Å². The van der Waals surface area contributed by atoms with Gasteiger partial charge >= 0.3 is 0 Å². The highest BCUT2D eigenvalue weighted by molar-refractivity contribution is 9.10. The molecule has 3 rings (SSSR count). The third-order valence-electron chi connectivity index (χ3n) is 5.83. The van der Waals surface area contributed by atoms with E-state index >= 15 is 0 Å². The lowest BCUT2D eigenvalue weighted by Crippen LogP contribution is -2.53. The van der Waals surface area contributed by atoms with Gasteiger partial charge in [-0.05, 0) is 42.3 Å². The van der Waals surface area contributed by atoms with Crippen molar-refractivity contribution < 1.29 is 18.0 Å². The van der Waals surface area contributed by atoms with Crippen molar-refractivity contribution in [1.82, 2.24) is 10.2 Å². The number of sulfonamides is 1. The summed E-state index contributed by atoms with van der Waals surface area (Å²) in [4.78, 5) is 28.7. The number of amides is 2. The summed E-state index contributed by atoms with van der Waals surface area (Å²) in [5.74, 6) is -0.956. The van der Waals surface area contributed by atoms with E-state index < -0.39 is 28.5 Å². The molecule has 7 nitrogen and oxygen atoms in total. The van der Waals surface area contributed by atoms with Crippen molar-refractivity contribution in [1.29, 1.82) is 0 Å². The fourth-order valence-electron chi connectivity index (χ4n) is 3.93. The number of hydrogen-bond donors (Lipinski definition) is 1. The molecule has 208 valence electrons. The Morgan fingerprint density at radius 2 is 1.54 bits per heavy atom. The van der Waals surface area contributed by atoms with Gasteiger partial charge in [0.1, 0.15) is 12.6 Å². The van der Waals surface area contributed by atoms with Crippen molar-refractivity contribution in [2.24, 2.45) is 0 Å². The predicted molar refractivity (Wildman–Crippen MR) is 161 cm³/mol. The Hall–Kier alpha value is -2.30. The number of benzene rings is 3. The van der Waals surface area contributed by atoms with Crippen molar-refractivity contribution in [2.75, 3.05) is 23.7 Å². The standard InChI is InChI=1S/C27H27BrCl3N3O4S/c1-3-32-27(36)25(13-18-7-5-4-6-8-18)33(16-19-9-11-20(28)12-10-19)26(35)17-34(39(2,37)38)24-15-22(30)21(29)14-23(24)31/h4-12,14-15,25H,3,13,16-17H2,1-2H3,(H,32,36)/t25-/m1/s1. The zero-order valence-corrected chi connectivity index (χ0v) is 25.9. The molecule has 0 aliphatic rings. The van der Waals surface area contributed by atoms with Crippen LogP contribution in [0.1, 0.15) is 18.1 Å². The van der Waals surface area contributed by atoms with Crippen LogP contribution in [-0.4, -0.2) is 50.5 Å². The first-order chi connectivity index (χ1) is 18.4. The molecule has 0 saturated heterocycles. The molecule has 0 saturated carbocycles. The van der Waals surface area contributed by atoms with Gasteiger partial charge in [0.25, 0.3) is 0 Å². The lowest BCUT2D eigenvalue weighted by molar-refractivity contribution is -0.140. The SMILES string of the molecule is CCNC(=O)[C@@H](Cc1ccccc1)N(Cc1ccc(Br)cc1)C(=O)CN(c1cc(Cl)c(Cl)cc1Cl)S(C)(=O)=O. The molecule has 39 heavy (non-hydrogen) atoms. The minimum Gasteiger partial charge on any atom is -0.355 e. The molecule has 3 aromatic carbocycles. The Kier molecular flexibility index (Phi) is 11.1. The van der Waals surface area contributed by atoms with Gasteiger partial charge < -0.3 is 10.2 Å². The number of hydrogen-bond acceptors (Lipinski definition) is 4. The van der Waals surface area contributed by atoms with E-state index in [9.17, 15) is 18.0 Å². The normalized spacial score (nSPS) is 12.1. The first kappa shape index (κ1) is 31.2. The number of rotatable bonds is 11. The second-order valence-corrected chi connectivity index (χ2v) is 12.8. The highest BCUT2D eigenvalue weighted by atomic mass is 79.9. The minimum atomic E-state index is -4.00. The van der Waals surface area contributed by atoms with Crippen molar-refractivity contribution in [3.05, 3.63) is 97.4 Å². The van der Waals surface area contributed by atoms with Gasteiger partial charge in [-0.1, -0.05) is 93.2 Å². The number of likely N-dealkylation sites (N-methyl/N-ethyl adjacent to an activating group) is 1. The summed E-state index contributed by atoms with van der Waals surface area (Å²) >= 11 is 21.9. The van der Waals surface area contributed by atoms with E-state index in [1.807, 2.05) is 54.6 Å². The first-order valence-corrected chi connectivity index (χ1v) is 15.7. The lowest BCUT2D eigenvalue weighted by atomic mass is 10.0. The van der Waals surface area contributed by atoms with E-state index in [0.717, 1.165) is 26.2 Å². The van der Waals surface area contributed by atoms with Crippen molar-refractivity contribution in [3.63, 3.8) is 0 Å². The van der Waals surface area contributed by atoms with Gasteiger partial charge in [0.05, 0.1) is 27.0 Å². The Labute approximate surface area is 252 Å². The highest BCUT2D eigenvalue weighted by Crippen LogP contribution is 2.35. The Morgan fingerprint density at radius 1 is 0.923 bits per heavy atom. The van der Waals surface area contributed by atoms with E-state index in [1.165, 1.54) is 17.0 Å². The van der Waals surface area contributed by atoms with Crippen LogP contribution < -0.4 is 9.62 Å². The third kappa shape index (κ3) is 8.59. The molecular formula is C27H27BrCl3N3O4S. The van der Waals surface area contributed by atoms with E-state index in [-0.39, 0.29) is 39.6 Å². The third-order valence-corrected chi connectivity index (χ3v) is 8.51. The molecule has 2 amide bonds. The van der Waals surface area contributed by atoms with Crippen LogP contribution >= 0.6 is 50.7 Å². The minimum absolute atomic E-state index is 0.00290. The molecule has 0 spiro atoms. The molecule has 0 fully saturated rings. The summed E-state index contributed by atoms with van der Waals surface area (Å²) in [5.41, 5.74) is 1.60. The van der Waals surface area contributed by atoms with Crippen LogP contribution in [0.2, 0.25) is 15.1 Å². The Bertz CT molecular complexity index is 1420. The average molecular weight is 676 g/mol. The number of carbonyl (C=O) groups is 2. The first-order valence-electron chi connectivity index (χ1n) is 11.9. The van der Waals surface area contributed by atoms with Gasteiger partial charge in [0, 0.05) is 24.0 Å². The average Bonchev–Trinajstić information content (AvgIpc) is 2.88. The second kappa shape index (κ2) is 13.9. The van der Waals surface area contributed by atoms with Gasteiger partial charge in [-0.2, -0.15) is 0 Å². The number of nitrogens with zero attached hydrogens (tertiary/aromatic N) is 2. The Morgan fingerprint density at radius 3 is 2.13 bits per heavy atom. The van der Waals surface area contributed by atoms with Crippen LogP contribution in [0.4, 0.5) is 5.69 Å². The molecule has 0 aliphatic carbocycles. The maximum Gasteiger partial charge on any atom is 0.244 e. The molecule has 0 bridgehead atoms. The summed E-state index contributed by atoms with van der Waals surface area (Å²) in [6.07, 6.45) is 1.19. The lowest BCUT2D eigenvalue weighted by Gasteiger charge is -2.33. The van der Waals surface area contributed by atoms with Gasteiger partial charge in [0.2, 0.25) is 21.8 Å². The molecular weight excluding hydrogens is 649 g/mol. The maximum atomic E-state index is 14.0. The van der Waals surface area contributed by atoms with Crippen LogP contribution in [0.15, 0.2) is 71.2 Å². The number of carbonyl (C=O) groups excluding carboxylic acids is 2. The quantitative estimate of drug-likeness (QED) is 0.255. The molecule has 1 N–H and O–H groups in total. The zero-order valence-electron chi connectivity index (χ0n) is 21.2. The molecule has 3 aromatic rings. The smallest absolute Gasteiger partial charge is 0.244 e. The van der Waals surface area contributed by atoms with Gasteiger partial charge in [-0.3, -0.25) is 13.9 Å². The fraction of sp³-hybridized carbons (Fsp3) is 0.259. The van der Waals surface area contributed by atoms with Crippen LogP contribution in [0.25, 0.3) is 0 Å². The maximum absolute atomic E-state index is 14.0. The van der Waals surface area contributed by atoms with Crippen molar-refractivity contribution in [2.45, 2.75) is 25.9 Å². The van der Waals surface area contributed by atoms with E-state index in [1.54, 1.807) is 6.92 Å². The largest absolute Gasteiger partial charge is 0.355 e. The monoisotopic (exact) mass is 673 g/mol. The molecule has 0 unspecified atom stereocenters. The number of halogens is 4. The summed E-state index contributed by atoms with van der Waals surface area (Å²) in [5, 5.41) is 3.03. The van der Waals surface area contributed by atoms with E-state index in [4.69, 9.17) is 34.8 Å². The summed E-state index contributed by atoms with van der Waals surface area (Å²) < 4.78 is 27.5. The molecule has 0 heterocycles. The fourth-order valence-corrected chi connectivity index (χ4v) is 5.74. The zero-order chi connectivity index (χ0) is 28.7. The molecule has 0 aliphatic heterocycles. The molecule has 1 atom stereocenters. The van der Waals surface area contributed by atoms with Crippen LogP contribution in [-0.2, 0) is 32.6 Å². The van der Waals surface area contributed by atoms with Gasteiger partial charge in [-0.15, -0.1) is 0 Å². The number of nitrogens with one attached hydrogen (secondary N) is 1.